The zero-order chi connectivity index (χ0) is 57.5. The van der Waals surface area contributed by atoms with Crippen molar-refractivity contribution in [3.63, 3.8) is 0 Å². The Hall–Kier alpha value is -7.18. The van der Waals surface area contributed by atoms with Crippen LogP contribution >= 0.6 is 11.6 Å². The van der Waals surface area contributed by atoms with Crippen molar-refractivity contribution in [2.45, 2.75) is 101 Å². The first-order valence-corrected chi connectivity index (χ1v) is 29.8. The first-order valence-electron chi connectivity index (χ1n) is 27.9. The molecule has 4 amide bonds. The van der Waals surface area contributed by atoms with Gasteiger partial charge in [0, 0.05) is 66.8 Å². The van der Waals surface area contributed by atoms with Gasteiger partial charge in [-0.25, -0.2) is 9.00 Å². The Morgan fingerprint density at radius 3 is 2.38 bits per heavy atom. The molecule has 428 valence electrons. The molecule has 3 aliphatic carbocycles. The highest BCUT2D eigenvalue weighted by Crippen LogP contribution is 2.48. The molecule has 1 fully saturated rings. The fourth-order valence-electron chi connectivity index (χ4n) is 12.3. The van der Waals surface area contributed by atoms with E-state index in [1.54, 1.807) is 32.2 Å². The third kappa shape index (κ3) is 11.7. The number of amides is 4. The minimum Gasteiger partial charge on any atom is -0.490 e. The van der Waals surface area contributed by atoms with Crippen molar-refractivity contribution < 1.29 is 47.1 Å². The van der Waals surface area contributed by atoms with Gasteiger partial charge in [-0.2, -0.15) is 0 Å². The fourth-order valence-corrected chi connectivity index (χ4v) is 14.4. The molecule has 1 N–H and O–H groups in total. The number of benzene rings is 4. The predicted octanol–water partition coefficient (Wildman–Crippen LogP) is 9.94. The Morgan fingerprint density at radius 1 is 0.963 bits per heavy atom. The van der Waals surface area contributed by atoms with Gasteiger partial charge in [-0.15, -0.1) is 9.46 Å². The Balaban J connectivity index is 0.917. The summed E-state index contributed by atoms with van der Waals surface area (Å²) in [6.45, 7) is 9.82. The average Bonchev–Trinajstić information content (AvgIpc) is 3.94. The molecular formula is C62H72ClN7O10S. The zero-order valence-corrected chi connectivity index (χ0v) is 48.9. The van der Waals surface area contributed by atoms with Crippen molar-refractivity contribution in [1.29, 1.82) is 0 Å². The van der Waals surface area contributed by atoms with Gasteiger partial charge in [0.25, 0.3) is 11.8 Å². The van der Waals surface area contributed by atoms with E-state index in [1.807, 2.05) is 88.4 Å². The molecule has 1 aromatic heterocycles. The summed E-state index contributed by atoms with van der Waals surface area (Å²) in [6, 6.07) is 27.4. The van der Waals surface area contributed by atoms with Crippen molar-refractivity contribution >= 4 is 57.0 Å². The number of carbonyl (C=O) groups excluding carboxylic acids is 5. The maximum atomic E-state index is 15.4. The maximum absolute atomic E-state index is 15.4. The number of carbonyl (C=O) groups is 5. The smallest absolute Gasteiger partial charge is 0.410 e. The molecule has 2 aliphatic heterocycles. The SMILES string of the molecule is COc1nn(C)cc1C(=O)NS1(=O)=NC(=O)c2ccc3c(c2)N(C[C@@H]2CC[C@H]2[C@@H](OC(=O)CN(C)C(=O)CN(C(=O)OCC2c4ccccc4-c4ccccc42)C(C)(C)C)/C=C/C[C@H](C)[C@H]1C)C[C@@]1(CCCc2cc(Cl)ccc21)CO3. The standard InChI is InChI=1S/C62H72ClN7O10S/c1-38-15-13-21-53(80-56(72)34-67(6)55(71)33-70(61(3,4)5)60(75)78-35-50-47-19-11-9-17-45(47)46-18-10-12-20-48(46)50)44-25-22-42(44)31-69-36-62(28-14-16-40-29-43(63)24-26-51(40)62)37-79-54-27-23-41(30-52(54)69)57(73)65-81(76,39(38)2)66-58(74)49-32-68(7)64-59(49)77-8/h9-13,17-21,23-24,26-27,29-30,32,38-39,42,44,50,53H,14-16,22,25,28,31,33-37H2,1-8H3,(H,65,66,73,74,76)/b21-13+/t38-,39+,42-,44+,53-,62-,81?/m0/s1. The minimum atomic E-state index is -3.88. The number of halogens is 1. The van der Waals surface area contributed by atoms with Gasteiger partial charge in [-0.05, 0) is 148 Å². The number of anilines is 1. The Bertz CT molecular complexity index is 3390. The molecule has 10 rings (SSSR count). The summed E-state index contributed by atoms with van der Waals surface area (Å²) in [6.07, 6.45) is 8.35. The van der Waals surface area contributed by atoms with E-state index in [0.29, 0.717) is 42.6 Å². The highest BCUT2D eigenvalue weighted by atomic mass is 35.5. The normalized spacial score (nSPS) is 24.5. The van der Waals surface area contributed by atoms with Crippen LogP contribution in [0.1, 0.15) is 116 Å². The van der Waals surface area contributed by atoms with E-state index >= 15 is 4.21 Å². The van der Waals surface area contributed by atoms with Gasteiger partial charge in [-0.1, -0.05) is 79.2 Å². The third-order valence-corrected chi connectivity index (χ3v) is 19.8. The molecule has 1 saturated carbocycles. The highest BCUT2D eigenvalue weighted by Gasteiger charge is 2.46. The largest absolute Gasteiger partial charge is 0.490 e. The number of likely N-dealkylation sites (N-methyl/N-ethyl adjacent to an activating group) is 1. The zero-order valence-electron chi connectivity index (χ0n) is 47.3. The molecule has 19 heteroatoms. The molecule has 2 bridgehead atoms. The van der Waals surface area contributed by atoms with Crippen LogP contribution in [0.25, 0.3) is 11.1 Å². The van der Waals surface area contributed by atoms with E-state index in [1.165, 1.54) is 40.4 Å². The van der Waals surface area contributed by atoms with E-state index in [9.17, 15) is 24.0 Å². The number of hydrogen-bond donors (Lipinski definition) is 1. The van der Waals surface area contributed by atoms with Crippen LogP contribution in [0.4, 0.5) is 10.5 Å². The quantitative estimate of drug-likeness (QED) is 0.103. The second-order valence-corrected chi connectivity index (χ2v) is 26.2. The molecule has 5 aromatic rings. The van der Waals surface area contributed by atoms with E-state index < -0.39 is 67.9 Å². The summed E-state index contributed by atoms with van der Waals surface area (Å²) in [5.74, 6) is -2.79. The number of allylic oxidation sites excluding steroid dienone is 1. The van der Waals surface area contributed by atoms with Gasteiger partial charge in [0.2, 0.25) is 11.8 Å². The minimum absolute atomic E-state index is 0.0133. The van der Waals surface area contributed by atoms with E-state index in [-0.39, 0.29) is 54.5 Å². The van der Waals surface area contributed by atoms with Crippen LogP contribution in [0.5, 0.6) is 11.6 Å². The van der Waals surface area contributed by atoms with Crippen LogP contribution in [0.3, 0.4) is 0 Å². The number of aromatic nitrogens is 2. The molecule has 0 saturated heterocycles. The van der Waals surface area contributed by atoms with Crippen LogP contribution in [-0.2, 0) is 47.9 Å². The molecule has 1 unspecified atom stereocenters. The number of esters is 1. The van der Waals surface area contributed by atoms with Crippen molar-refractivity contribution in [1.82, 2.24) is 24.3 Å². The first kappa shape index (κ1) is 57.1. The van der Waals surface area contributed by atoms with Crippen LogP contribution < -0.4 is 19.1 Å². The second kappa shape index (κ2) is 23.0. The van der Waals surface area contributed by atoms with Crippen molar-refractivity contribution in [2.75, 3.05) is 58.5 Å². The average molecular weight is 1140 g/mol. The Kier molecular flexibility index (Phi) is 16.2. The number of nitrogens with zero attached hydrogens (tertiary/aromatic N) is 6. The number of hydrogen-bond acceptors (Lipinski definition) is 12. The second-order valence-electron chi connectivity index (χ2n) is 23.5. The molecule has 0 radical (unpaired) electrons. The third-order valence-electron chi connectivity index (χ3n) is 17.2. The molecule has 81 heavy (non-hydrogen) atoms. The van der Waals surface area contributed by atoms with Gasteiger partial charge in [0.15, 0.2) is 0 Å². The van der Waals surface area contributed by atoms with E-state index in [2.05, 4.69) is 37.3 Å². The van der Waals surface area contributed by atoms with Crippen molar-refractivity contribution in [3.8, 4) is 22.8 Å². The number of fused-ring (bicyclic) bond motifs is 7. The Labute approximate surface area is 479 Å². The van der Waals surface area contributed by atoms with E-state index in [0.717, 1.165) is 59.9 Å². The van der Waals surface area contributed by atoms with Crippen LogP contribution in [-0.4, -0.2) is 124 Å². The number of ether oxygens (including phenoxy) is 4. The van der Waals surface area contributed by atoms with Crippen LogP contribution in [0.15, 0.2) is 108 Å². The summed E-state index contributed by atoms with van der Waals surface area (Å²) >= 11 is 6.57. The molecule has 3 heterocycles. The van der Waals surface area contributed by atoms with Gasteiger partial charge >= 0.3 is 12.1 Å². The summed E-state index contributed by atoms with van der Waals surface area (Å²) in [5.41, 5.74) is 6.27. The lowest BCUT2D eigenvalue weighted by Crippen LogP contribution is -2.52. The van der Waals surface area contributed by atoms with E-state index in [4.69, 9.17) is 30.5 Å². The van der Waals surface area contributed by atoms with Crippen LogP contribution in [0.2, 0.25) is 5.02 Å². The van der Waals surface area contributed by atoms with Gasteiger partial charge in [0.05, 0.1) is 24.7 Å². The van der Waals surface area contributed by atoms with Crippen LogP contribution in [0, 0.1) is 17.8 Å². The molecule has 5 aliphatic rings. The molecule has 17 nitrogen and oxygen atoms in total. The summed E-state index contributed by atoms with van der Waals surface area (Å²) in [5, 5.41) is 3.98. The lowest BCUT2D eigenvalue weighted by atomic mass is 9.68. The van der Waals surface area contributed by atoms with Crippen molar-refractivity contribution in [2.24, 2.45) is 29.2 Å². The number of methoxy groups -OCH3 is 1. The summed E-state index contributed by atoms with van der Waals surface area (Å²) < 4.78 is 48.3. The highest BCUT2D eigenvalue weighted by molar-refractivity contribution is 7.93. The molecule has 7 atom stereocenters. The van der Waals surface area contributed by atoms with Crippen molar-refractivity contribution in [3.05, 3.63) is 142 Å². The lowest BCUT2D eigenvalue weighted by Gasteiger charge is -2.46. The summed E-state index contributed by atoms with van der Waals surface area (Å²) in [7, 11) is 0.630. The molecular weight excluding hydrogens is 1070 g/mol. The van der Waals surface area contributed by atoms with Gasteiger partial charge in [0.1, 0.15) is 47.0 Å². The predicted molar refractivity (Wildman–Crippen MR) is 310 cm³/mol. The van der Waals surface area contributed by atoms with Gasteiger partial charge < -0.3 is 28.7 Å². The van der Waals surface area contributed by atoms with Gasteiger partial charge in [-0.3, -0.25) is 33.5 Å². The summed E-state index contributed by atoms with van der Waals surface area (Å²) in [4.78, 5) is 75.8. The monoisotopic (exact) mass is 1140 g/mol. The molecule has 1 spiro atoms. The lowest BCUT2D eigenvalue weighted by molar-refractivity contribution is -0.156. The number of rotatable bonds is 10. The maximum Gasteiger partial charge on any atom is 0.410 e. The fraction of sp³-hybridized carbons (Fsp3) is 0.452. The number of nitrogens with one attached hydrogen (secondary N) is 1. The Morgan fingerprint density at radius 2 is 1.69 bits per heavy atom. The topological polar surface area (TPSA) is 191 Å². The number of aryl methyl sites for hydroxylation is 2. The first-order chi connectivity index (χ1) is 38.6. The molecule has 4 aromatic carbocycles.